The Kier molecular flexibility index (Phi) is 6.46. The van der Waals surface area contributed by atoms with Gasteiger partial charge in [0.15, 0.2) is 0 Å². The molecular formula is C18H24ClN5O2. The monoisotopic (exact) mass is 377 g/mol. The van der Waals surface area contributed by atoms with E-state index in [1.165, 1.54) is 5.56 Å². The first-order chi connectivity index (χ1) is 12.6. The largest absolute Gasteiger partial charge is 0.497 e. The molecule has 0 bridgehead atoms. The Balaban J connectivity index is 1.46. The van der Waals surface area contributed by atoms with Gasteiger partial charge in [-0.2, -0.15) is 0 Å². The van der Waals surface area contributed by atoms with Crippen LogP contribution in [0.4, 0.5) is 0 Å². The summed E-state index contributed by atoms with van der Waals surface area (Å²) in [6.45, 7) is 2.76. The average Bonchev–Trinajstić information content (AvgIpc) is 3.06. The Morgan fingerprint density at radius 1 is 1.50 bits per heavy atom. The number of amides is 1. The van der Waals surface area contributed by atoms with Gasteiger partial charge in [0.25, 0.3) is 0 Å². The summed E-state index contributed by atoms with van der Waals surface area (Å²) in [6.07, 6.45) is 2.96. The Morgan fingerprint density at radius 3 is 3.15 bits per heavy atom. The van der Waals surface area contributed by atoms with Crippen molar-refractivity contribution in [1.29, 1.82) is 0 Å². The van der Waals surface area contributed by atoms with Crippen molar-refractivity contribution >= 4 is 17.5 Å². The lowest BCUT2D eigenvalue weighted by Crippen LogP contribution is -2.47. The number of ether oxygens (including phenoxy) is 1. The predicted molar refractivity (Wildman–Crippen MR) is 99.1 cm³/mol. The normalized spacial score (nSPS) is 17.8. The maximum absolute atomic E-state index is 12.2. The molecule has 1 aromatic heterocycles. The predicted octanol–water partition coefficient (Wildman–Crippen LogP) is 2.18. The lowest BCUT2D eigenvalue weighted by Gasteiger charge is -2.33. The molecule has 140 valence electrons. The summed E-state index contributed by atoms with van der Waals surface area (Å²) < 4.78 is 5.29. The van der Waals surface area contributed by atoms with Crippen molar-refractivity contribution in [3.05, 3.63) is 40.9 Å². The first-order valence-electron chi connectivity index (χ1n) is 8.84. The molecule has 1 atom stereocenters. The second kappa shape index (κ2) is 9.00. The third-order valence-corrected chi connectivity index (χ3v) is 4.67. The van der Waals surface area contributed by atoms with Crippen molar-refractivity contribution < 1.29 is 9.53 Å². The number of methoxy groups -OCH3 is 1. The van der Waals surface area contributed by atoms with E-state index in [2.05, 4.69) is 37.5 Å². The van der Waals surface area contributed by atoms with Gasteiger partial charge in [0.05, 0.1) is 7.11 Å². The zero-order valence-corrected chi connectivity index (χ0v) is 15.6. The highest BCUT2D eigenvalue weighted by molar-refractivity contribution is 6.28. The summed E-state index contributed by atoms with van der Waals surface area (Å²) in [5.74, 6) is 1.54. The number of H-pyrrole nitrogens is 1. The fraction of sp³-hybridized carbons (Fsp3) is 0.500. The zero-order chi connectivity index (χ0) is 18.4. The number of aryl methyl sites for hydroxylation is 1. The van der Waals surface area contributed by atoms with Crippen LogP contribution in [0.25, 0.3) is 0 Å². The van der Waals surface area contributed by atoms with Crippen LogP contribution in [-0.4, -0.2) is 52.2 Å². The summed E-state index contributed by atoms with van der Waals surface area (Å²) >= 11 is 5.67. The summed E-state index contributed by atoms with van der Waals surface area (Å²) in [5.41, 5.74) is 1.22. The summed E-state index contributed by atoms with van der Waals surface area (Å²) in [7, 11) is 1.68. The first kappa shape index (κ1) is 18.7. The highest BCUT2D eigenvalue weighted by Gasteiger charge is 2.21. The van der Waals surface area contributed by atoms with Gasteiger partial charge in [-0.3, -0.25) is 14.8 Å². The molecule has 8 heteroatoms. The minimum absolute atomic E-state index is 0.0331. The number of aromatic nitrogens is 3. The molecule has 1 aromatic carbocycles. The van der Waals surface area contributed by atoms with Crippen molar-refractivity contribution in [1.82, 2.24) is 25.4 Å². The van der Waals surface area contributed by atoms with Crippen LogP contribution < -0.4 is 10.1 Å². The van der Waals surface area contributed by atoms with Crippen LogP contribution in [0, 0.1) is 0 Å². The Hall–Kier alpha value is -2.12. The van der Waals surface area contributed by atoms with Crippen LogP contribution in [0.3, 0.4) is 0 Å². The molecule has 7 nitrogen and oxygen atoms in total. The SMILES string of the molecule is COc1cccc(CN2CCC[C@@H](NC(=O)CCc3nc(Cl)n[nH]3)C2)c1. The number of nitrogens with zero attached hydrogens (tertiary/aromatic N) is 3. The number of benzene rings is 1. The molecule has 0 spiro atoms. The molecule has 0 saturated carbocycles. The van der Waals surface area contributed by atoms with Gasteiger partial charge in [-0.1, -0.05) is 12.1 Å². The number of hydrogen-bond donors (Lipinski definition) is 2. The summed E-state index contributed by atoms with van der Waals surface area (Å²) in [4.78, 5) is 18.6. The minimum Gasteiger partial charge on any atom is -0.497 e. The van der Waals surface area contributed by atoms with Crippen LogP contribution in [0.1, 0.15) is 30.7 Å². The number of carbonyl (C=O) groups is 1. The van der Waals surface area contributed by atoms with E-state index in [0.717, 1.165) is 38.2 Å². The van der Waals surface area contributed by atoms with E-state index in [4.69, 9.17) is 16.3 Å². The lowest BCUT2D eigenvalue weighted by molar-refractivity contribution is -0.122. The van der Waals surface area contributed by atoms with E-state index in [1.54, 1.807) is 7.11 Å². The second-order valence-corrected chi connectivity index (χ2v) is 6.88. The van der Waals surface area contributed by atoms with Crippen LogP contribution >= 0.6 is 11.6 Å². The van der Waals surface area contributed by atoms with E-state index in [1.807, 2.05) is 12.1 Å². The van der Waals surface area contributed by atoms with E-state index >= 15 is 0 Å². The molecule has 2 N–H and O–H groups in total. The van der Waals surface area contributed by atoms with Gasteiger partial charge in [0.2, 0.25) is 11.2 Å². The quantitative estimate of drug-likeness (QED) is 0.772. The Labute approximate surface area is 158 Å². The van der Waals surface area contributed by atoms with E-state index in [-0.39, 0.29) is 17.2 Å². The molecule has 1 aliphatic rings. The smallest absolute Gasteiger partial charge is 0.242 e. The molecule has 3 rings (SSSR count). The van der Waals surface area contributed by atoms with E-state index in [0.29, 0.717) is 18.7 Å². The van der Waals surface area contributed by atoms with Gasteiger partial charge in [-0.25, -0.2) is 4.98 Å². The molecule has 1 fully saturated rings. The third kappa shape index (κ3) is 5.44. The molecule has 1 saturated heterocycles. The van der Waals surface area contributed by atoms with Crippen LogP contribution in [0.5, 0.6) is 5.75 Å². The fourth-order valence-corrected chi connectivity index (χ4v) is 3.41. The maximum Gasteiger partial charge on any atom is 0.242 e. The molecule has 2 aromatic rings. The van der Waals surface area contributed by atoms with Gasteiger partial charge >= 0.3 is 0 Å². The number of rotatable bonds is 7. The number of likely N-dealkylation sites (tertiary alicyclic amines) is 1. The Morgan fingerprint density at radius 2 is 2.38 bits per heavy atom. The number of nitrogens with one attached hydrogen (secondary N) is 2. The van der Waals surface area contributed by atoms with Crippen molar-refractivity contribution in [2.75, 3.05) is 20.2 Å². The number of aromatic amines is 1. The number of halogens is 1. The second-order valence-electron chi connectivity index (χ2n) is 6.54. The standard InChI is InChI=1S/C18H24ClN5O2/c1-26-15-6-2-4-13(10-15)11-24-9-3-5-14(12-24)20-17(25)8-7-16-21-18(19)23-22-16/h2,4,6,10,14H,3,5,7-9,11-12H2,1H3,(H,20,25)(H,21,22,23)/t14-/m1/s1. The summed E-state index contributed by atoms with van der Waals surface area (Å²) in [5, 5.41) is 9.79. The van der Waals surface area contributed by atoms with Crippen molar-refractivity contribution in [3.8, 4) is 5.75 Å². The molecule has 0 radical (unpaired) electrons. The highest BCUT2D eigenvalue weighted by atomic mass is 35.5. The third-order valence-electron chi connectivity index (χ3n) is 4.50. The van der Waals surface area contributed by atoms with Crippen LogP contribution in [0.2, 0.25) is 5.28 Å². The van der Waals surface area contributed by atoms with Crippen molar-refractivity contribution in [2.24, 2.45) is 0 Å². The maximum atomic E-state index is 12.2. The summed E-state index contributed by atoms with van der Waals surface area (Å²) in [6, 6.07) is 8.30. The molecule has 0 unspecified atom stereocenters. The van der Waals surface area contributed by atoms with Gasteiger partial charge in [0, 0.05) is 32.0 Å². The molecule has 26 heavy (non-hydrogen) atoms. The fourth-order valence-electron chi connectivity index (χ4n) is 3.26. The Bertz CT molecular complexity index is 736. The molecule has 0 aliphatic carbocycles. The van der Waals surface area contributed by atoms with Crippen molar-refractivity contribution in [2.45, 2.75) is 38.3 Å². The zero-order valence-electron chi connectivity index (χ0n) is 14.9. The molecular weight excluding hydrogens is 354 g/mol. The van der Waals surface area contributed by atoms with E-state index < -0.39 is 0 Å². The van der Waals surface area contributed by atoms with Gasteiger partial charge in [0.1, 0.15) is 11.6 Å². The van der Waals surface area contributed by atoms with Gasteiger partial charge < -0.3 is 10.1 Å². The number of hydrogen-bond acceptors (Lipinski definition) is 5. The topological polar surface area (TPSA) is 83.1 Å². The first-order valence-corrected chi connectivity index (χ1v) is 9.21. The molecule has 1 amide bonds. The van der Waals surface area contributed by atoms with E-state index in [9.17, 15) is 4.79 Å². The average molecular weight is 378 g/mol. The molecule has 2 heterocycles. The van der Waals surface area contributed by atoms with Crippen LogP contribution in [-0.2, 0) is 17.8 Å². The van der Waals surface area contributed by atoms with Gasteiger partial charge in [-0.15, -0.1) is 5.10 Å². The van der Waals surface area contributed by atoms with Crippen LogP contribution in [0.15, 0.2) is 24.3 Å². The number of carbonyl (C=O) groups excluding carboxylic acids is 1. The highest BCUT2D eigenvalue weighted by Crippen LogP contribution is 2.17. The minimum atomic E-state index is 0.0331. The number of piperidine rings is 1. The molecule has 1 aliphatic heterocycles. The van der Waals surface area contributed by atoms with Gasteiger partial charge in [-0.05, 0) is 48.7 Å². The lowest BCUT2D eigenvalue weighted by atomic mass is 10.0. The van der Waals surface area contributed by atoms with Crippen molar-refractivity contribution in [3.63, 3.8) is 0 Å².